The Hall–Kier alpha value is -3.20. The number of anilines is 1. The van der Waals surface area contributed by atoms with Crippen LogP contribution in [-0.2, 0) is 16.0 Å². The van der Waals surface area contributed by atoms with Crippen LogP contribution in [0.2, 0.25) is 0 Å². The average Bonchev–Trinajstić information content (AvgIpc) is 3.09. The predicted octanol–water partition coefficient (Wildman–Crippen LogP) is 4.59. The van der Waals surface area contributed by atoms with Crippen LogP contribution >= 0.6 is 11.3 Å². The third-order valence-corrected chi connectivity index (χ3v) is 4.83. The highest BCUT2D eigenvalue weighted by Gasteiger charge is 2.22. The van der Waals surface area contributed by atoms with Gasteiger partial charge in [0, 0.05) is 10.4 Å². The monoisotopic (exact) mass is 420 g/mol. The lowest BCUT2D eigenvalue weighted by molar-refractivity contribution is -0.142. The average molecular weight is 420 g/mol. The van der Waals surface area contributed by atoms with Crippen molar-refractivity contribution in [3.63, 3.8) is 0 Å². The molecular weight excluding hydrogens is 405 g/mol. The topological polar surface area (TPSA) is 68.3 Å². The van der Waals surface area contributed by atoms with Crippen molar-refractivity contribution in [2.75, 3.05) is 11.9 Å². The molecule has 1 amide bonds. The normalized spacial score (nSPS) is 10.6. The lowest BCUT2D eigenvalue weighted by atomic mass is 10.1. The number of aromatic nitrogens is 1. The van der Waals surface area contributed by atoms with Crippen LogP contribution in [0.15, 0.2) is 42.5 Å². The second-order valence-electron chi connectivity index (χ2n) is 5.82. The molecule has 1 N–H and O–H groups in total. The van der Waals surface area contributed by atoms with E-state index in [4.69, 9.17) is 4.74 Å². The Balaban J connectivity index is 1.92. The number of ether oxygens (including phenoxy) is 1. The van der Waals surface area contributed by atoms with Gasteiger partial charge in [-0.2, -0.15) is 0 Å². The molecular formula is C20H15F3N2O3S. The Morgan fingerprint density at radius 2 is 1.79 bits per heavy atom. The zero-order valence-corrected chi connectivity index (χ0v) is 16.0. The zero-order chi connectivity index (χ0) is 21.0. The number of nitrogens with zero attached hydrogens (tertiary/aromatic N) is 1. The molecule has 1 heterocycles. The van der Waals surface area contributed by atoms with Crippen molar-refractivity contribution < 1.29 is 27.5 Å². The molecule has 5 nitrogen and oxygen atoms in total. The number of nitrogens with one attached hydrogen (secondary N) is 1. The highest BCUT2D eigenvalue weighted by molar-refractivity contribution is 7.16. The van der Waals surface area contributed by atoms with Crippen molar-refractivity contribution in [2.45, 2.75) is 13.3 Å². The number of thiazole rings is 1. The van der Waals surface area contributed by atoms with Crippen LogP contribution in [0.3, 0.4) is 0 Å². The van der Waals surface area contributed by atoms with E-state index < -0.39 is 34.9 Å². The molecule has 0 atom stereocenters. The molecule has 150 valence electrons. The molecule has 0 spiro atoms. The molecule has 0 aliphatic carbocycles. The van der Waals surface area contributed by atoms with E-state index in [1.54, 1.807) is 31.2 Å². The van der Waals surface area contributed by atoms with E-state index >= 15 is 0 Å². The number of halogens is 3. The summed E-state index contributed by atoms with van der Waals surface area (Å²) in [4.78, 5) is 29.1. The van der Waals surface area contributed by atoms with Crippen molar-refractivity contribution in [3.8, 4) is 11.3 Å². The molecule has 0 saturated heterocycles. The number of hydrogen-bond acceptors (Lipinski definition) is 5. The van der Waals surface area contributed by atoms with Crippen LogP contribution in [0.1, 0.15) is 22.2 Å². The fourth-order valence-electron chi connectivity index (χ4n) is 2.56. The molecule has 0 radical (unpaired) electrons. The lowest BCUT2D eigenvalue weighted by Gasteiger charge is -2.04. The lowest BCUT2D eigenvalue weighted by Crippen LogP contribution is -2.15. The van der Waals surface area contributed by atoms with E-state index in [1.165, 1.54) is 0 Å². The minimum atomic E-state index is -1.73. The second-order valence-corrected chi connectivity index (χ2v) is 6.90. The first-order chi connectivity index (χ1) is 13.9. The van der Waals surface area contributed by atoms with Gasteiger partial charge in [-0.05, 0) is 19.1 Å². The molecule has 3 rings (SSSR count). The number of benzene rings is 2. The third-order valence-electron chi connectivity index (χ3n) is 3.86. The fourth-order valence-corrected chi connectivity index (χ4v) is 3.52. The Morgan fingerprint density at radius 1 is 1.07 bits per heavy atom. The van der Waals surface area contributed by atoms with E-state index in [2.05, 4.69) is 10.3 Å². The van der Waals surface area contributed by atoms with Crippen LogP contribution in [0.4, 0.5) is 18.3 Å². The highest BCUT2D eigenvalue weighted by Crippen LogP contribution is 2.32. The summed E-state index contributed by atoms with van der Waals surface area (Å²) in [5.74, 6) is -6.16. The van der Waals surface area contributed by atoms with Crippen molar-refractivity contribution in [2.24, 2.45) is 0 Å². The third kappa shape index (κ3) is 4.62. The molecule has 0 aliphatic heterocycles. The van der Waals surface area contributed by atoms with Crippen LogP contribution in [-0.4, -0.2) is 23.5 Å². The van der Waals surface area contributed by atoms with Gasteiger partial charge in [0.2, 0.25) is 0 Å². The molecule has 0 saturated carbocycles. The standard InChI is InChI=1S/C20H15F3N2O3S/c1-2-28-15(26)10-14-18(11-6-4-3-5-7-11)24-20(29-14)25-19(27)12-8-9-13(21)17(23)16(12)22/h3-9H,2,10H2,1H3,(H,24,25,27). The first kappa shape index (κ1) is 20.5. The molecule has 2 aromatic carbocycles. The molecule has 0 aliphatic rings. The predicted molar refractivity (Wildman–Crippen MR) is 102 cm³/mol. The molecule has 29 heavy (non-hydrogen) atoms. The quantitative estimate of drug-likeness (QED) is 0.468. The maximum absolute atomic E-state index is 13.9. The fraction of sp³-hybridized carbons (Fsp3) is 0.150. The molecule has 9 heteroatoms. The summed E-state index contributed by atoms with van der Waals surface area (Å²) in [6.07, 6.45) is -0.0643. The summed E-state index contributed by atoms with van der Waals surface area (Å²) in [7, 11) is 0. The Kier molecular flexibility index (Phi) is 6.28. The number of carbonyl (C=O) groups excluding carboxylic acids is 2. The van der Waals surface area contributed by atoms with E-state index in [0.717, 1.165) is 17.4 Å². The first-order valence-corrected chi connectivity index (χ1v) is 9.38. The van der Waals surface area contributed by atoms with Gasteiger partial charge in [0.1, 0.15) is 0 Å². The summed E-state index contributed by atoms with van der Waals surface area (Å²) in [5, 5.41) is 2.45. The van der Waals surface area contributed by atoms with E-state index in [9.17, 15) is 22.8 Å². The number of hydrogen-bond donors (Lipinski definition) is 1. The summed E-state index contributed by atoms with van der Waals surface area (Å²) in [6, 6.07) is 10.5. The van der Waals surface area contributed by atoms with Gasteiger partial charge in [0.05, 0.1) is 24.3 Å². The molecule has 3 aromatic rings. The summed E-state index contributed by atoms with van der Waals surface area (Å²) in [6.45, 7) is 1.90. The van der Waals surface area contributed by atoms with Crippen LogP contribution in [0, 0.1) is 17.5 Å². The highest BCUT2D eigenvalue weighted by atomic mass is 32.1. The van der Waals surface area contributed by atoms with Crippen LogP contribution in [0.5, 0.6) is 0 Å². The van der Waals surface area contributed by atoms with Gasteiger partial charge in [-0.1, -0.05) is 30.3 Å². The van der Waals surface area contributed by atoms with Crippen molar-refractivity contribution in [3.05, 3.63) is 70.4 Å². The number of rotatable bonds is 6. The van der Waals surface area contributed by atoms with Crippen molar-refractivity contribution in [1.82, 2.24) is 4.98 Å². The zero-order valence-electron chi connectivity index (χ0n) is 15.2. The van der Waals surface area contributed by atoms with Gasteiger partial charge in [0.25, 0.3) is 5.91 Å². The smallest absolute Gasteiger partial charge is 0.311 e. The van der Waals surface area contributed by atoms with Crippen LogP contribution in [0.25, 0.3) is 11.3 Å². The van der Waals surface area contributed by atoms with Crippen LogP contribution < -0.4 is 5.32 Å². The maximum Gasteiger partial charge on any atom is 0.311 e. The summed E-state index contributed by atoms with van der Waals surface area (Å²) in [5.41, 5.74) is 0.513. The molecule has 0 unspecified atom stereocenters. The number of amides is 1. The summed E-state index contributed by atoms with van der Waals surface area (Å²) < 4.78 is 45.3. The first-order valence-electron chi connectivity index (χ1n) is 8.56. The van der Waals surface area contributed by atoms with Gasteiger partial charge < -0.3 is 4.74 Å². The number of esters is 1. The van der Waals surface area contributed by atoms with E-state index in [1.807, 2.05) is 6.07 Å². The molecule has 1 aromatic heterocycles. The van der Waals surface area contributed by atoms with E-state index in [-0.39, 0.29) is 18.2 Å². The van der Waals surface area contributed by atoms with Gasteiger partial charge >= 0.3 is 5.97 Å². The molecule has 0 fully saturated rings. The minimum absolute atomic E-state index is 0.0643. The van der Waals surface area contributed by atoms with Gasteiger partial charge in [-0.3, -0.25) is 14.9 Å². The molecule has 0 bridgehead atoms. The largest absolute Gasteiger partial charge is 0.466 e. The Bertz CT molecular complexity index is 1050. The SMILES string of the molecule is CCOC(=O)Cc1sc(NC(=O)c2ccc(F)c(F)c2F)nc1-c1ccccc1. The van der Waals surface area contributed by atoms with Crippen molar-refractivity contribution >= 4 is 28.3 Å². The maximum atomic E-state index is 13.9. The van der Waals surface area contributed by atoms with Gasteiger partial charge in [-0.15, -0.1) is 11.3 Å². The minimum Gasteiger partial charge on any atom is -0.466 e. The van der Waals surface area contributed by atoms with Gasteiger partial charge in [0.15, 0.2) is 22.6 Å². The Morgan fingerprint density at radius 3 is 2.48 bits per heavy atom. The van der Waals surface area contributed by atoms with E-state index in [0.29, 0.717) is 22.2 Å². The van der Waals surface area contributed by atoms with Crippen molar-refractivity contribution in [1.29, 1.82) is 0 Å². The number of carbonyl (C=O) groups is 2. The Labute approximate surface area is 168 Å². The summed E-state index contributed by atoms with van der Waals surface area (Å²) >= 11 is 1.01. The van der Waals surface area contributed by atoms with Gasteiger partial charge in [-0.25, -0.2) is 18.2 Å². The second kappa shape index (κ2) is 8.87.